The van der Waals surface area contributed by atoms with Crippen molar-refractivity contribution < 1.29 is 4.79 Å². The summed E-state index contributed by atoms with van der Waals surface area (Å²) in [6, 6.07) is 13.8. The zero-order valence-corrected chi connectivity index (χ0v) is 17.9. The third-order valence-corrected chi connectivity index (χ3v) is 6.57. The Morgan fingerprint density at radius 3 is 2.64 bits per heavy atom. The zero-order chi connectivity index (χ0) is 17.8. The van der Waals surface area contributed by atoms with Crippen LogP contribution in [-0.2, 0) is 6.54 Å². The lowest BCUT2D eigenvalue weighted by molar-refractivity contribution is 0.0998. The molecule has 130 valence electrons. The Hall–Kier alpha value is -1.02. The minimum atomic E-state index is -0.198. The Morgan fingerprint density at radius 1 is 1.20 bits per heavy atom. The first kappa shape index (κ1) is 18.8. The van der Waals surface area contributed by atoms with Gasteiger partial charge in [0.25, 0.3) is 5.91 Å². The summed E-state index contributed by atoms with van der Waals surface area (Å²) < 4.78 is 4.29. The van der Waals surface area contributed by atoms with E-state index in [2.05, 4.69) is 43.9 Å². The Morgan fingerprint density at radius 2 is 1.96 bits per heavy atom. The van der Waals surface area contributed by atoms with Gasteiger partial charge >= 0.3 is 0 Å². The molecule has 0 aliphatic heterocycles. The molecule has 25 heavy (non-hydrogen) atoms. The highest BCUT2D eigenvalue weighted by Gasteiger charge is 2.09. The fraction of sp³-hybridized carbons (Fsp3) is 0.222. The van der Waals surface area contributed by atoms with E-state index in [0.29, 0.717) is 5.56 Å². The SMILES string of the molecule is CSCCn1c(=NC(=O)c2ccc(SC)cc2)sc2cc(Br)ccc21. The largest absolute Gasteiger partial charge is 0.316 e. The molecule has 0 aliphatic carbocycles. The van der Waals surface area contributed by atoms with E-state index < -0.39 is 0 Å². The van der Waals surface area contributed by atoms with Crippen LogP contribution in [0.2, 0.25) is 0 Å². The monoisotopic (exact) mass is 452 g/mol. The topological polar surface area (TPSA) is 34.4 Å². The first-order valence-electron chi connectivity index (χ1n) is 7.63. The number of fused-ring (bicyclic) bond motifs is 1. The van der Waals surface area contributed by atoms with Crippen LogP contribution in [0.25, 0.3) is 10.2 Å². The van der Waals surface area contributed by atoms with Gasteiger partial charge < -0.3 is 4.57 Å². The number of hydrogen-bond donors (Lipinski definition) is 0. The van der Waals surface area contributed by atoms with Crippen LogP contribution >= 0.6 is 50.8 Å². The zero-order valence-electron chi connectivity index (χ0n) is 13.9. The normalized spacial score (nSPS) is 12.0. The number of rotatable bonds is 5. The van der Waals surface area contributed by atoms with Gasteiger partial charge in [-0.1, -0.05) is 27.3 Å². The van der Waals surface area contributed by atoms with Crippen molar-refractivity contribution >= 4 is 66.9 Å². The van der Waals surface area contributed by atoms with Crippen LogP contribution in [0.4, 0.5) is 0 Å². The first-order valence-corrected chi connectivity index (χ1v) is 11.9. The van der Waals surface area contributed by atoms with Gasteiger partial charge in [0.2, 0.25) is 0 Å². The second kappa shape index (κ2) is 8.58. The highest BCUT2D eigenvalue weighted by Crippen LogP contribution is 2.22. The van der Waals surface area contributed by atoms with Gasteiger partial charge in [0.1, 0.15) is 0 Å². The number of amides is 1. The maximum Gasteiger partial charge on any atom is 0.279 e. The van der Waals surface area contributed by atoms with Gasteiger partial charge in [-0.05, 0) is 55.0 Å². The lowest BCUT2D eigenvalue weighted by Gasteiger charge is -2.04. The lowest BCUT2D eigenvalue weighted by atomic mass is 10.2. The Labute approximate surface area is 167 Å². The summed E-state index contributed by atoms with van der Waals surface area (Å²) in [5.74, 6) is 0.780. The van der Waals surface area contributed by atoms with E-state index in [1.54, 1.807) is 34.9 Å². The molecule has 0 saturated heterocycles. The van der Waals surface area contributed by atoms with Crippen LogP contribution in [-0.4, -0.2) is 28.7 Å². The third kappa shape index (κ3) is 4.39. The van der Waals surface area contributed by atoms with Crippen molar-refractivity contribution in [2.24, 2.45) is 4.99 Å². The van der Waals surface area contributed by atoms with E-state index in [1.807, 2.05) is 36.6 Å². The molecule has 2 aromatic carbocycles. The minimum absolute atomic E-state index is 0.198. The first-order chi connectivity index (χ1) is 12.1. The Bertz CT molecular complexity index is 961. The molecule has 3 rings (SSSR count). The molecule has 0 unspecified atom stereocenters. The molecule has 0 aliphatic rings. The maximum atomic E-state index is 12.6. The van der Waals surface area contributed by atoms with E-state index in [1.165, 1.54) is 0 Å². The Balaban J connectivity index is 2.05. The molecule has 0 atom stereocenters. The van der Waals surface area contributed by atoms with Crippen molar-refractivity contribution in [3.05, 3.63) is 57.3 Å². The van der Waals surface area contributed by atoms with E-state index >= 15 is 0 Å². The molecule has 0 bridgehead atoms. The van der Waals surface area contributed by atoms with Gasteiger partial charge in [-0.15, -0.1) is 11.8 Å². The molecule has 1 aromatic heterocycles. The molecule has 0 fully saturated rings. The molecule has 0 spiro atoms. The number of carbonyl (C=O) groups excluding carboxylic acids is 1. The third-order valence-electron chi connectivity index (χ3n) is 3.70. The van der Waals surface area contributed by atoms with Crippen LogP contribution in [0.15, 0.2) is 56.8 Å². The van der Waals surface area contributed by atoms with Crippen LogP contribution in [0.5, 0.6) is 0 Å². The van der Waals surface area contributed by atoms with E-state index in [4.69, 9.17) is 0 Å². The summed E-state index contributed by atoms with van der Waals surface area (Å²) in [4.78, 5) is 18.9. The summed E-state index contributed by atoms with van der Waals surface area (Å²) in [6.45, 7) is 0.834. The highest BCUT2D eigenvalue weighted by atomic mass is 79.9. The van der Waals surface area contributed by atoms with Gasteiger partial charge in [0.15, 0.2) is 4.80 Å². The van der Waals surface area contributed by atoms with Crippen LogP contribution < -0.4 is 4.80 Å². The molecule has 0 saturated carbocycles. The molecule has 7 heteroatoms. The van der Waals surface area contributed by atoms with Crippen molar-refractivity contribution in [1.82, 2.24) is 4.57 Å². The van der Waals surface area contributed by atoms with E-state index in [-0.39, 0.29) is 5.91 Å². The summed E-state index contributed by atoms with van der Waals surface area (Å²) >= 11 is 8.51. The van der Waals surface area contributed by atoms with Crippen molar-refractivity contribution in [3.63, 3.8) is 0 Å². The van der Waals surface area contributed by atoms with Crippen molar-refractivity contribution in [2.45, 2.75) is 11.4 Å². The molecular weight excluding hydrogens is 436 g/mol. The van der Waals surface area contributed by atoms with Crippen molar-refractivity contribution in [3.8, 4) is 0 Å². The second-order valence-corrected chi connectivity index (χ2v) is 9.08. The number of hydrogen-bond acceptors (Lipinski definition) is 4. The summed E-state index contributed by atoms with van der Waals surface area (Å²) in [7, 11) is 0. The number of nitrogens with zero attached hydrogens (tertiary/aromatic N) is 2. The fourth-order valence-electron chi connectivity index (χ4n) is 2.42. The van der Waals surface area contributed by atoms with Gasteiger partial charge in [-0.3, -0.25) is 4.79 Å². The number of halogens is 1. The molecule has 0 radical (unpaired) electrons. The van der Waals surface area contributed by atoms with Gasteiger partial charge in [0.05, 0.1) is 10.2 Å². The molecular formula is C18H17BrN2OS3. The molecule has 0 N–H and O–H groups in total. The number of benzene rings is 2. The molecule has 3 nitrogen and oxygen atoms in total. The van der Waals surface area contributed by atoms with E-state index in [0.717, 1.165) is 36.7 Å². The smallest absolute Gasteiger partial charge is 0.279 e. The summed E-state index contributed by atoms with van der Waals surface area (Å²) in [5.41, 5.74) is 1.74. The van der Waals surface area contributed by atoms with Gasteiger partial charge in [-0.25, -0.2) is 0 Å². The average Bonchev–Trinajstić information content (AvgIpc) is 2.95. The Kier molecular flexibility index (Phi) is 6.44. The van der Waals surface area contributed by atoms with Gasteiger partial charge in [0, 0.05) is 27.2 Å². The highest BCUT2D eigenvalue weighted by molar-refractivity contribution is 9.10. The number of thiazole rings is 1. The van der Waals surface area contributed by atoms with Crippen LogP contribution in [0.1, 0.15) is 10.4 Å². The summed E-state index contributed by atoms with van der Waals surface area (Å²) in [5, 5.41) is 0. The van der Waals surface area contributed by atoms with Gasteiger partial charge in [-0.2, -0.15) is 16.8 Å². The number of aryl methyl sites for hydroxylation is 1. The lowest BCUT2D eigenvalue weighted by Crippen LogP contribution is -2.18. The number of carbonyl (C=O) groups is 1. The second-order valence-electron chi connectivity index (χ2n) is 5.29. The molecule has 1 heterocycles. The average molecular weight is 453 g/mol. The number of thioether (sulfide) groups is 2. The van der Waals surface area contributed by atoms with Crippen LogP contribution in [0, 0.1) is 0 Å². The van der Waals surface area contributed by atoms with Crippen LogP contribution in [0.3, 0.4) is 0 Å². The predicted octanol–water partition coefficient (Wildman–Crippen LogP) is 5.29. The maximum absolute atomic E-state index is 12.6. The minimum Gasteiger partial charge on any atom is -0.316 e. The summed E-state index contributed by atoms with van der Waals surface area (Å²) in [6.07, 6.45) is 4.10. The van der Waals surface area contributed by atoms with Crippen molar-refractivity contribution in [2.75, 3.05) is 18.3 Å². The standard InChI is InChI=1S/C18H17BrN2OS3/c1-23-10-9-21-15-8-5-13(19)11-16(15)25-18(21)20-17(22)12-3-6-14(24-2)7-4-12/h3-8,11H,9-10H2,1-2H3. The van der Waals surface area contributed by atoms with Crippen molar-refractivity contribution in [1.29, 1.82) is 0 Å². The quantitative estimate of drug-likeness (QED) is 0.493. The fourth-order valence-corrected chi connectivity index (χ4v) is 4.80. The molecule has 3 aromatic rings. The predicted molar refractivity (Wildman–Crippen MR) is 114 cm³/mol. The van der Waals surface area contributed by atoms with E-state index in [9.17, 15) is 4.79 Å². The molecule has 1 amide bonds. The number of aromatic nitrogens is 1.